The zero-order valence-electron chi connectivity index (χ0n) is 9.09. The predicted molar refractivity (Wildman–Crippen MR) is 59.6 cm³/mol. The molecule has 3 heteroatoms. The maximum absolute atomic E-state index is 5.33. The van der Waals surface area contributed by atoms with E-state index in [1.807, 2.05) is 46.0 Å². The fourth-order valence-corrected chi connectivity index (χ4v) is 1.20. The minimum atomic E-state index is 0.707. The fraction of sp³-hybridized carbons (Fsp3) is 0.364. The van der Waals surface area contributed by atoms with Crippen LogP contribution in [0.5, 0.6) is 0 Å². The van der Waals surface area contributed by atoms with Crippen molar-refractivity contribution in [2.24, 2.45) is 0 Å². The van der Waals surface area contributed by atoms with E-state index >= 15 is 0 Å². The first-order valence-corrected chi connectivity index (χ1v) is 4.84. The van der Waals surface area contributed by atoms with E-state index in [9.17, 15) is 0 Å². The van der Waals surface area contributed by atoms with Gasteiger partial charge in [-0.25, -0.2) is 4.98 Å². The summed E-state index contributed by atoms with van der Waals surface area (Å²) < 4.78 is 5.33. The van der Waals surface area contributed by atoms with Gasteiger partial charge in [0.1, 0.15) is 5.52 Å². The topological polar surface area (TPSA) is 38.1 Å². The first-order chi connectivity index (χ1) is 6.79. The van der Waals surface area contributed by atoms with Crippen LogP contribution in [-0.4, -0.2) is 12.0 Å². The summed E-state index contributed by atoms with van der Waals surface area (Å²) in [6.45, 7) is 5.85. The molecule has 0 unspecified atom stereocenters. The van der Waals surface area contributed by atoms with Crippen LogP contribution in [0, 0.1) is 6.92 Å². The summed E-state index contributed by atoms with van der Waals surface area (Å²) in [7, 11) is 1.88. The maximum Gasteiger partial charge on any atom is 0.192 e. The zero-order chi connectivity index (χ0) is 10.6. The zero-order valence-corrected chi connectivity index (χ0v) is 9.09. The maximum atomic E-state index is 5.33. The molecule has 1 aromatic heterocycles. The molecule has 0 aliphatic rings. The molecule has 0 radical (unpaired) electrons. The van der Waals surface area contributed by atoms with Gasteiger partial charge in [-0.3, -0.25) is 0 Å². The van der Waals surface area contributed by atoms with Crippen LogP contribution in [0.4, 0.5) is 5.69 Å². The molecule has 1 heterocycles. The van der Waals surface area contributed by atoms with Crippen LogP contribution in [0.1, 0.15) is 19.7 Å². The molecular formula is C11H16N2O. The van der Waals surface area contributed by atoms with Crippen molar-refractivity contribution in [1.82, 2.24) is 4.98 Å². The molecule has 1 N–H and O–H groups in total. The van der Waals surface area contributed by atoms with Crippen molar-refractivity contribution >= 4 is 16.8 Å². The van der Waals surface area contributed by atoms with E-state index in [4.69, 9.17) is 4.42 Å². The summed E-state index contributed by atoms with van der Waals surface area (Å²) in [6.07, 6.45) is 0. The average Bonchev–Trinajstić information content (AvgIpc) is 2.59. The van der Waals surface area contributed by atoms with E-state index in [-0.39, 0.29) is 0 Å². The monoisotopic (exact) mass is 192 g/mol. The quantitative estimate of drug-likeness (QED) is 0.754. The van der Waals surface area contributed by atoms with Crippen LogP contribution in [0.15, 0.2) is 22.6 Å². The Kier molecular flexibility index (Phi) is 3.51. The molecule has 0 saturated heterocycles. The molecule has 0 amide bonds. The summed E-state index contributed by atoms with van der Waals surface area (Å²) in [5, 5.41) is 3.05. The number of benzene rings is 1. The Labute approximate surface area is 84.1 Å². The van der Waals surface area contributed by atoms with Crippen LogP contribution >= 0.6 is 0 Å². The second-order valence-corrected chi connectivity index (χ2v) is 2.67. The van der Waals surface area contributed by atoms with Gasteiger partial charge < -0.3 is 9.73 Å². The Morgan fingerprint density at radius 1 is 1.29 bits per heavy atom. The number of hydrogen-bond acceptors (Lipinski definition) is 3. The second kappa shape index (κ2) is 4.65. The molecular weight excluding hydrogens is 176 g/mol. The van der Waals surface area contributed by atoms with Gasteiger partial charge >= 0.3 is 0 Å². The SMILES string of the molecule is CC.CNc1ccc2oc(C)nc2c1. The largest absolute Gasteiger partial charge is 0.441 e. The van der Waals surface area contributed by atoms with Crippen molar-refractivity contribution in [3.8, 4) is 0 Å². The molecule has 0 aliphatic carbocycles. The summed E-state index contributed by atoms with van der Waals surface area (Å²) in [4.78, 5) is 4.22. The molecule has 0 saturated carbocycles. The van der Waals surface area contributed by atoms with E-state index in [0.717, 1.165) is 16.8 Å². The highest BCUT2D eigenvalue weighted by atomic mass is 16.3. The molecule has 1 aromatic carbocycles. The Bertz CT molecular complexity index is 407. The number of anilines is 1. The van der Waals surface area contributed by atoms with Gasteiger partial charge in [-0.05, 0) is 18.2 Å². The standard InChI is InChI=1S/C9H10N2O.C2H6/c1-6-11-8-5-7(10-2)3-4-9(8)12-6;1-2/h3-5,10H,1-2H3;1-2H3. The molecule has 14 heavy (non-hydrogen) atoms. The summed E-state index contributed by atoms with van der Waals surface area (Å²) >= 11 is 0. The predicted octanol–water partition coefficient (Wildman–Crippen LogP) is 3.20. The molecule has 76 valence electrons. The Balaban J connectivity index is 0.000000461. The Morgan fingerprint density at radius 2 is 2.00 bits per heavy atom. The number of oxazole rings is 1. The minimum absolute atomic E-state index is 0.707. The van der Waals surface area contributed by atoms with Crippen molar-refractivity contribution in [2.45, 2.75) is 20.8 Å². The molecule has 0 fully saturated rings. The summed E-state index contributed by atoms with van der Waals surface area (Å²) in [6, 6.07) is 5.85. The van der Waals surface area contributed by atoms with Crippen molar-refractivity contribution in [2.75, 3.05) is 12.4 Å². The third kappa shape index (κ3) is 2.05. The van der Waals surface area contributed by atoms with Crippen LogP contribution in [0.25, 0.3) is 11.1 Å². The van der Waals surface area contributed by atoms with Gasteiger partial charge in [0.25, 0.3) is 0 Å². The van der Waals surface area contributed by atoms with Crippen molar-refractivity contribution in [3.63, 3.8) is 0 Å². The van der Waals surface area contributed by atoms with Crippen molar-refractivity contribution in [1.29, 1.82) is 0 Å². The number of nitrogens with zero attached hydrogens (tertiary/aromatic N) is 1. The third-order valence-electron chi connectivity index (χ3n) is 1.78. The molecule has 0 bridgehead atoms. The third-order valence-corrected chi connectivity index (χ3v) is 1.78. The summed E-state index contributed by atoms with van der Waals surface area (Å²) in [5.41, 5.74) is 2.79. The molecule has 2 rings (SSSR count). The van der Waals surface area contributed by atoms with E-state index < -0.39 is 0 Å². The first-order valence-electron chi connectivity index (χ1n) is 4.84. The highest BCUT2D eigenvalue weighted by Gasteiger charge is 2.01. The van der Waals surface area contributed by atoms with E-state index in [2.05, 4.69) is 10.3 Å². The van der Waals surface area contributed by atoms with E-state index in [0.29, 0.717) is 5.89 Å². The lowest BCUT2D eigenvalue weighted by Crippen LogP contribution is -1.85. The Hall–Kier alpha value is -1.51. The van der Waals surface area contributed by atoms with E-state index in [1.54, 1.807) is 0 Å². The number of hydrogen-bond donors (Lipinski definition) is 1. The van der Waals surface area contributed by atoms with Gasteiger partial charge in [0.2, 0.25) is 0 Å². The minimum Gasteiger partial charge on any atom is -0.441 e. The average molecular weight is 192 g/mol. The number of rotatable bonds is 1. The molecule has 0 atom stereocenters. The number of aryl methyl sites for hydroxylation is 1. The van der Waals surface area contributed by atoms with Gasteiger partial charge in [0, 0.05) is 19.7 Å². The van der Waals surface area contributed by atoms with Crippen LogP contribution < -0.4 is 5.32 Å². The first kappa shape index (κ1) is 10.6. The van der Waals surface area contributed by atoms with Crippen molar-refractivity contribution < 1.29 is 4.42 Å². The van der Waals surface area contributed by atoms with Crippen molar-refractivity contribution in [3.05, 3.63) is 24.1 Å². The molecule has 3 nitrogen and oxygen atoms in total. The lowest BCUT2D eigenvalue weighted by atomic mass is 10.3. The van der Waals surface area contributed by atoms with Crippen LogP contribution in [0.3, 0.4) is 0 Å². The number of nitrogens with one attached hydrogen (secondary N) is 1. The molecule has 2 aromatic rings. The second-order valence-electron chi connectivity index (χ2n) is 2.67. The Morgan fingerprint density at radius 3 is 2.64 bits per heavy atom. The van der Waals surface area contributed by atoms with Gasteiger partial charge in [0.15, 0.2) is 11.5 Å². The van der Waals surface area contributed by atoms with Gasteiger partial charge in [0.05, 0.1) is 0 Å². The lowest BCUT2D eigenvalue weighted by molar-refractivity contribution is 0.561. The van der Waals surface area contributed by atoms with Gasteiger partial charge in [-0.1, -0.05) is 13.8 Å². The van der Waals surface area contributed by atoms with E-state index in [1.165, 1.54) is 0 Å². The summed E-state index contributed by atoms with van der Waals surface area (Å²) in [5.74, 6) is 0.707. The highest BCUT2D eigenvalue weighted by molar-refractivity contribution is 5.77. The molecule has 0 spiro atoms. The normalized spacial score (nSPS) is 9.43. The van der Waals surface area contributed by atoms with Gasteiger partial charge in [-0.2, -0.15) is 0 Å². The molecule has 0 aliphatic heterocycles. The fourth-order valence-electron chi connectivity index (χ4n) is 1.20. The lowest BCUT2D eigenvalue weighted by Gasteiger charge is -1.96. The highest BCUT2D eigenvalue weighted by Crippen LogP contribution is 2.18. The van der Waals surface area contributed by atoms with Crippen LogP contribution in [0.2, 0.25) is 0 Å². The number of aromatic nitrogens is 1. The smallest absolute Gasteiger partial charge is 0.192 e. The number of fused-ring (bicyclic) bond motifs is 1. The van der Waals surface area contributed by atoms with Gasteiger partial charge in [-0.15, -0.1) is 0 Å². The van der Waals surface area contributed by atoms with Crippen LogP contribution in [-0.2, 0) is 0 Å².